The Hall–Kier alpha value is -0.970. The van der Waals surface area contributed by atoms with Crippen LogP contribution in [0.2, 0.25) is 0 Å². The van der Waals surface area contributed by atoms with Crippen LogP contribution in [0.1, 0.15) is 25.0 Å². The minimum absolute atomic E-state index is 0.497. The van der Waals surface area contributed by atoms with Crippen molar-refractivity contribution in [1.82, 2.24) is 9.80 Å². The summed E-state index contributed by atoms with van der Waals surface area (Å²) >= 11 is 5.12. The molecule has 2 rings (SSSR count). The van der Waals surface area contributed by atoms with Crippen molar-refractivity contribution >= 4 is 17.2 Å². The molecular weight excluding hydrogens is 254 g/mol. The maximum Gasteiger partial charge on any atom is 0.104 e. The summed E-state index contributed by atoms with van der Waals surface area (Å²) in [4.78, 5) is 5.50. The number of benzene rings is 1. The van der Waals surface area contributed by atoms with Crippen LogP contribution in [0.25, 0.3) is 0 Å². The average Bonchev–Trinajstić information content (AvgIpc) is 2.39. The third-order valence-corrected chi connectivity index (χ3v) is 4.03. The van der Waals surface area contributed by atoms with Gasteiger partial charge in [0.25, 0.3) is 0 Å². The number of piperazine rings is 1. The predicted octanol–water partition coefficient (Wildman–Crippen LogP) is 1.85. The zero-order valence-electron chi connectivity index (χ0n) is 11.8. The van der Waals surface area contributed by atoms with Crippen LogP contribution in [-0.2, 0) is 6.54 Å². The summed E-state index contributed by atoms with van der Waals surface area (Å²) < 4.78 is 0. The second-order valence-corrected chi connectivity index (χ2v) is 5.87. The normalized spacial score (nSPS) is 17.8. The highest BCUT2D eigenvalue weighted by Crippen LogP contribution is 2.14. The van der Waals surface area contributed by atoms with Crippen molar-refractivity contribution in [1.29, 1.82) is 0 Å². The van der Waals surface area contributed by atoms with Gasteiger partial charge in [0.2, 0.25) is 0 Å². The molecule has 0 radical (unpaired) electrons. The molecule has 0 bridgehead atoms. The van der Waals surface area contributed by atoms with E-state index in [0.717, 1.165) is 38.3 Å². The third-order valence-electron chi connectivity index (χ3n) is 3.81. The van der Waals surface area contributed by atoms with Crippen LogP contribution in [-0.4, -0.2) is 47.0 Å². The second-order valence-electron chi connectivity index (χ2n) is 5.43. The van der Waals surface area contributed by atoms with Gasteiger partial charge in [0.1, 0.15) is 4.99 Å². The topological polar surface area (TPSA) is 32.5 Å². The van der Waals surface area contributed by atoms with Gasteiger partial charge in [-0.2, -0.15) is 0 Å². The molecule has 1 aromatic rings. The van der Waals surface area contributed by atoms with Crippen LogP contribution in [0.3, 0.4) is 0 Å². The number of nitrogens with two attached hydrogens (primary N) is 1. The summed E-state index contributed by atoms with van der Waals surface area (Å²) in [6.45, 7) is 9.99. The Morgan fingerprint density at radius 2 is 1.84 bits per heavy atom. The van der Waals surface area contributed by atoms with E-state index < -0.39 is 0 Å². The van der Waals surface area contributed by atoms with E-state index in [4.69, 9.17) is 18.0 Å². The Labute approximate surface area is 121 Å². The van der Waals surface area contributed by atoms with Gasteiger partial charge in [0.05, 0.1) is 0 Å². The van der Waals surface area contributed by atoms with E-state index in [9.17, 15) is 0 Å². The molecule has 0 unspecified atom stereocenters. The molecule has 1 aliphatic rings. The SMILES string of the molecule is CC(C)N1CCN(Cc2ccccc2C(N)=S)CC1. The van der Waals surface area contributed by atoms with E-state index in [1.807, 2.05) is 12.1 Å². The molecule has 104 valence electrons. The van der Waals surface area contributed by atoms with Gasteiger partial charge in [-0.1, -0.05) is 36.5 Å². The average molecular weight is 277 g/mol. The lowest BCUT2D eigenvalue weighted by Gasteiger charge is -2.37. The minimum Gasteiger partial charge on any atom is -0.389 e. The summed E-state index contributed by atoms with van der Waals surface area (Å²) in [6.07, 6.45) is 0. The van der Waals surface area contributed by atoms with Crippen molar-refractivity contribution in [3.63, 3.8) is 0 Å². The van der Waals surface area contributed by atoms with E-state index in [-0.39, 0.29) is 0 Å². The molecule has 1 aliphatic heterocycles. The standard InChI is InChI=1S/C15H23N3S/c1-12(2)18-9-7-17(8-10-18)11-13-5-3-4-6-14(13)15(16)19/h3-6,12H,7-11H2,1-2H3,(H2,16,19). The highest BCUT2D eigenvalue weighted by Gasteiger charge is 2.19. The van der Waals surface area contributed by atoms with Gasteiger partial charge in [0, 0.05) is 44.3 Å². The van der Waals surface area contributed by atoms with Crippen LogP contribution in [0.4, 0.5) is 0 Å². The first-order valence-electron chi connectivity index (χ1n) is 6.92. The molecule has 2 N–H and O–H groups in total. The largest absolute Gasteiger partial charge is 0.389 e. The van der Waals surface area contributed by atoms with E-state index in [1.54, 1.807) is 0 Å². The fraction of sp³-hybridized carbons (Fsp3) is 0.533. The van der Waals surface area contributed by atoms with Gasteiger partial charge in [-0.05, 0) is 19.4 Å². The van der Waals surface area contributed by atoms with Gasteiger partial charge >= 0.3 is 0 Å². The van der Waals surface area contributed by atoms with Gasteiger partial charge in [0.15, 0.2) is 0 Å². The van der Waals surface area contributed by atoms with Crippen molar-refractivity contribution in [2.24, 2.45) is 5.73 Å². The van der Waals surface area contributed by atoms with Gasteiger partial charge in [-0.25, -0.2) is 0 Å². The van der Waals surface area contributed by atoms with Crippen molar-refractivity contribution < 1.29 is 0 Å². The summed E-state index contributed by atoms with van der Waals surface area (Å²) in [6, 6.07) is 8.84. The number of hydrogen-bond acceptors (Lipinski definition) is 3. The summed E-state index contributed by atoms with van der Waals surface area (Å²) in [5.41, 5.74) is 8.05. The maximum atomic E-state index is 5.79. The van der Waals surface area contributed by atoms with E-state index in [0.29, 0.717) is 11.0 Å². The lowest BCUT2D eigenvalue weighted by Crippen LogP contribution is -2.48. The molecule has 0 spiro atoms. The maximum absolute atomic E-state index is 5.79. The van der Waals surface area contributed by atoms with Crippen LogP contribution in [0.15, 0.2) is 24.3 Å². The fourth-order valence-electron chi connectivity index (χ4n) is 2.58. The molecule has 1 fully saturated rings. The molecule has 1 heterocycles. The number of rotatable bonds is 4. The first-order valence-corrected chi connectivity index (χ1v) is 7.33. The van der Waals surface area contributed by atoms with Crippen molar-refractivity contribution in [2.45, 2.75) is 26.4 Å². The highest BCUT2D eigenvalue weighted by atomic mass is 32.1. The molecule has 3 nitrogen and oxygen atoms in total. The van der Waals surface area contributed by atoms with Crippen molar-refractivity contribution in [3.05, 3.63) is 35.4 Å². The quantitative estimate of drug-likeness (QED) is 0.851. The summed E-state index contributed by atoms with van der Waals surface area (Å²) in [5.74, 6) is 0. The molecule has 4 heteroatoms. The lowest BCUT2D eigenvalue weighted by atomic mass is 10.1. The zero-order chi connectivity index (χ0) is 13.8. The van der Waals surface area contributed by atoms with Crippen LogP contribution in [0, 0.1) is 0 Å². The molecule has 1 saturated heterocycles. The predicted molar refractivity (Wildman–Crippen MR) is 84.3 cm³/mol. The molecule has 19 heavy (non-hydrogen) atoms. The fourth-order valence-corrected chi connectivity index (χ4v) is 2.78. The van der Waals surface area contributed by atoms with Crippen LogP contribution >= 0.6 is 12.2 Å². The smallest absolute Gasteiger partial charge is 0.104 e. The van der Waals surface area contributed by atoms with E-state index in [1.165, 1.54) is 5.56 Å². The molecule has 1 aromatic carbocycles. The lowest BCUT2D eigenvalue weighted by molar-refractivity contribution is 0.104. The van der Waals surface area contributed by atoms with Crippen LogP contribution in [0.5, 0.6) is 0 Å². The van der Waals surface area contributed by atoms with Gasteiger partial charge < -0.3 is 5.73 Å². The van der Waals surface area contributed by atoms with E-state index >= 15 is 0 Å². The molecular formula is C15H23N3S. The van der Waals surface area contributed by atoms with Crippen molar-refractivity contribution in [2.75, 3.05) is 26.2 Å². The summed E-state index contributed by atoms with van der Waals surface area (Å²) in [7, 11) is 0. The van der Waals surface area contributed by atoms with Crippen molar-refractivity contribution in [3.8, 4) is 0 Å². The Balaban J connectivity index is 1.98. The van der Waals surface area contributed by atoms with Gasteiger partial charge in [-0.3, -0.25) is 9.80 Å². The van der Waals surface area contributed by atoms with E-state index in [2.05, 4.69) is 35.8 Å². The van der Waals surface area contributed by atoms with Gasteiger partial charge in [-0.15, -0.1) is 0 Å². The monoisotopic (exact) mass is 277 g/mol. The zero-order valence-corrected chi connectivity index (χ0v) is 12.6. The first-order chi connectivity index (χ1) is 9.08. The molecule has 0 aliphatic carbocycles. The Kier molecular flexibility index (Phi) is 4.91. The highest BCUT2D eigenvalue weighted by molar-refractivity contribution is 7.80. The molecule has 0 amide bonds. The third kappa shape index (κ3) is 3.75. The second kappa shape index (κ2) is 6.46. The van der Waals surface area contributed by atoms with Crippen LogP contribution < -0.4 is 5.73 Å². The Morgan fingerprint density at radius 3 is 2.42 bits per heavy atom. The number of nitrogens with zero attached hydrogens (tertiary/aromatic N) is 2. The Morgan fingerprint density at radius 1 is 1.21 bits per heavy atom. The molecule has 0 aromatic heterocycles. The Bertz CT molecular complexity index is 437. The first kappa shape index (κ1) is 14.4. The number of thiocarbonyl (C=S) groups is 1. The molecule has 0 atom stereocenters. The number of hydrogen-bond donors (Lipinski definition) is 1. The minimum atomic E-state index is 0.497. The summed E-state index contributed by atoms with van der Waals surface area (Å²) in [5, 5.41) is 0. The molecule has 0 saturated carbocycles.